The monoisotopic (exact) mass is 266 g/mol. The van der Waals surface area contributed by atoms with Crippen LogP contribution in [0.15, 0.2) is 60.7 Å². The number of ether oxygens (including phenoxy) is 1. The maximum atomic E-state index is 10.7. The molecule has 0 bridgehead atoms. The Morgan fingerprint density at radius 3 is 2.70 bits per heavy atom. The zero-order valence-corrected chi connectivity index (χ0v) is 10.4. The van der Waals surface area contributed by atoms with Gasteiger partial charge in [0.2, 0.25) is 5.88 Å². The summed E-state index contributed by atoms with van der Waals surface area (Å²) in [5, 5.41) is 11.7. The van der Waals surface area contributed by atoms with E-state index in [1.807, 2.05) is 30.3 Å². The minimum Gasteiger partial charge on any atom is -0.439 e. The summed E-state index contributed by atoms with van der Waals surface area (Å²) >= 11 is 0. The van der Waals surface area contributed by atoms with Gasteiger partial charge in [0.15, 0.2) is 0 Å². The molecule has 0 unspecified atom stereocenters. The van der Waals surface area contributed by atoms with E-state index < -0.39 is 4.92 Å². The van der Waals surface area contributed by atoms with Gasteiger partial charge in [0, 0.05) is 17.5 Å². The van der Waals surface area contributed by atoms with Gasteiger partial charge in [-0.2, -0.15) is 0 Å². The Morgan fingerprint density at radius 2 is 1.85 bits per heavy atom. The molecule has 2 aromatic carbocycles. The van der Waals surface area contributed by atoms with Gasteiger partial charge in [-0.1, -0.05) is 24.3 Å². The van der Waals surface area contributed by atoms with Crippen LogP contribution in [-0.2, 0) is 0 Å². The van der Waals surface area contributed by atoms with Gasteiger partial charge in [-0.3, -0.25) is 10.1 Å². The zero-order valence-electron chi connectivity index (χ0n) is 10.4. The lowest BCUT2D eigenvalue weighted by Crippen LogP contribution is -1.91. The van der Waals surface area contributed by atoms with Crippen LogP contribution in [0, 0.1) is 10.1 Å². The van der Waals surface area contributed by atoms with Gasteiger partial charge >= 0.3 is 0 Å². The molecule has 98 valence electrons. The van der Waals surface area contributed by atoms with E-state index in [4.69, 9.17) is 4.74 Å². The predicted molar refractivity (Wildman–Crippen MR) is 74.9 cm³/mol. The molecule has 5 nitrogen and oxygen atoms in total. The van der Waals surface area contributed by atoms with Crippen molar-refractivity contribution in [2.75, 3.05) is 0 Å². The highest BCUT2D eigenvalue weighted by Crippen LogP contribution is 2.25. The summed E-state index contributed by atoms with van der Waals surface area (Å²) in [6, 6.07) is 17.3. The molecule has 20 heavy (non-hydrogen) atoms. The van der Waals surface area contributed by atoms with Gasteiger partial charge in [-0.05, 0) is 18.2 Å². The van der Waals surface area contributed by atoms with Crippen LogP contribution < -0.4 is 4.74 Å². The summed E-state index contributed by atoms with van der Waals surface area (Å²) in [6.07, 6.45) is 0. The number of rotatable bonds is 3. The molecule has 0 aliphatic carbocycles. The van der Waals surface area contributed by atoms with Crippen molar-refractivity contribution in [2.24, 2.45) is 0 Å². The molecule has 3 aromatic rings. The highest BCUT2D eigenvalue weighted by molar-refractivity contribution is 5.78. The first-order valence-electron chi connectivity index (χ1n) is 6.00. The van der Waals surface area contributed by atoms with Crippen molar-refractivity contribution in [3.63, 3.8) is 0 Å². The quantitative estimate of drug-likeness (QED) is 0.532. The lowest BCUT2D eigenvalue weighted by atomic mass is 10.2. The predicted octanol–water partition coefficient (Wildman–Crippen LogP) is 3.94. The van der Waals surface area contributed by atoms with Crippen molar-refractivity contribution < 1.29 is 9.66 Å². The highest BCUT2D eigenvalue weighted by Gasteiger charge is 2.07. The molecule has 0 saturated heterocycles. The number of hydrogen-bond acceptors (Lipinski definition) is 4. The number of para-hydroxylation sites is 1. The molecule has 0 aliphatic rings. The van der Waals surface area contributed by atoms with Crippen molar-refractivity contribution in [3.8, 4) is 11.6 Å². The second-order valence-electron chi connectivity index (χ2n) is 4.20. The Kier molecular flexibility index (Phi) is 3.01. The lowest BCUT2D eigenvalue weighted by molar-refractivity contribution is -0.384. The first-order chi connectivity index (χ1) is 9.72. The number of nitro groups is 1. The first-order valence-corrected chi connectivity index (χ1v) is 6.00. The first kappa shape index (κ1) is 12.1. The van der Waals surface area contributed by atoms with E-state index >= 15 is 0 Å². The number of hydrogen-bond donors (Lipinski definition) is 0. The average molecular weight is 266 g/mol. The number of fused-ring (bicyclic) bond motifs is 1. The lowest BCUT2D eigenvalue weighted by Gasteiger charge is -2.05. The largest absolute Gasteiger partial charge is 0.439 e. The highest BCUT2D eigenvalue weighted by atomic mass is 16.6. The minimum absolute atomic E-state index is 0.0108. The summed E-state index contributed by atoms with van der Waals surface area (Å²) < 4.78 is 5.56. The SMILES string of the molecule is O=[N+]([O-])c1cccc(Oc2ccc3ccccc3n2)c1. The number of nitro benzene ring substituents is 1. The van der Waals surface area contributed by atoms with Crippen molar-refractivity contribution >= 4 is 16.6 Å². The van der Waals surface area contributed by atoms with Crippen molar-refractivity contribution in [1.82, 2.24) is 4.98 Å². The second kappa shape index (κ2) is 4.97. The topological polar surface area (TPSA) is 65.3 Å². The number of aromatic nitrogens is 1. The molecule has 5 heteroatoms. The minimum atomic E-state index is -0.458. The fraction of sp³-hybridized carbons (Fsp3) is 0. The zero-order chi connectivity index (χ0) is 13.9. The molecule has 0 atom stereocenters. The second-order valence-corrected chi connectivity index (χ2v) is 4.20. The molecular formula is C15H10N2O3. The normalized spacial score (nSPS) is 10.4. The number of benzene rings is 2. The molecule has 0 N–H and O–H groups in total. The van der Waals surface area contributed by atoms with Gasteiger partial charge in [-0.25, -0.2) is 4.98 Å². The van der Waals surface area contributed by atoms with Crippen LogP contribution in [0.3, 0.4) is 0 Å². The van der Waals surface area contributed by atoms with Gasteiger partial charge in [0.05, 0.1) is 16.5 Å². The van der Waals surface area contributed by atoms with E-state index in [1.165, 1.54) is 12.1 Å². The molecule has 1 aromatic heterocycles. The molecule has 0 fully saturated rings. The molecular weight excluding hydrogens is 256 g/mol. The Hall–Kier alpha value is -2.95. The standard InChI is InChI=1S/C15H10N2O3/c18-17(19)12-5-3-6-13(10-12)20-15-9-8-11-4-1-2-7-14(11)16-15/h1-10H. The van der Waals surface area contributed by atoms with E-state index in [-0.39, 0.29) is 5.69 Å². The van der Waals surface area contributed by atoms with Crippen LogP contribution >= 0.6 is 0 Å². The number of pyridine rings is 1. The van der Waals surface area contributed by atoms with Crippen LogP contribution in [-0.4, -0.2) is 9.91 Å². The fourth-order valence-electron chi connectivity index (χ4n) is 1.89. The molecule has 0 spiro atoms. The summed E-state index contributed by atoms with van der Waals surface area (Å²) in [5.41, 5.74) is 0.804. The Balaban J connectivity index is 1.92. The third-order valence-corrected chi connectivity index (χ3v) is 2.82. The van der Waals surface area contributed by atoms with Crippen LogP contribution in [0.1, 0.15) is 0 Å². The van der Waals surface area contributed by atoms with Crippen molar-refractivity contribution in [3.05, 3.63) is 70.8 Å². The molecule has 0 aliphatic heterocycles. The van der Waals surface area contributed by atoms with E-state index in [1.54, 1.807) is 18.2 Å². The van der Waals surface area contributed by atoms with Gasteiger partial charge in [-0.15, -0.1) is 0 Å². The van der Waals surface area contributed by atoms with Crippen LogP contribution in [0.5, 0.6) is 11.6 Å². The average Bonchev–Trinajstić information content (AvgIpc) is 2.47. The van der Waals surface area contributed by atoms with E-state index in [9.17, 15) is 10.1 Å². The van der Waals surface area contributed by atoms with E-state index in [0.29, 0.717) is 11.6 Å². The number of non-ortho nitro benzene ring substituents is 1. The maximum absolute atomic E-state index is 10.7. The smallest absolute Gasteiger partial charge is 0.273 e. The molecule has 3 rings (SSSR count). The fourth-order valence-corrected chi connectivity index (χ4v) is 1.89. The Labute approximate surface area is 114 Å². The molecule has 0 saturated carbocycles. The Morgan fingerprint density at radius 1 is 1.00 bits per heavy atom. The molecule has 1 heterocycles. The third kappa shape index (κ3) is 2.42. The summed E-state index contributed by atoms with van der Waals surface area (Å²) in [7, 11) is 0. The van der Waals surface area contributed by atoms with Gasteiger partial charge < -0.3 is 4.74 Å². The number of nitrogens with zero attached hydrogens (tertiary/aromatic N) is 2. The molecule has 0 radical (unpaired) electrons. The Bertz CT molecular complexity index is 787. The van der Waals surface area contributed by atoms with Crippen LogP contribution in [0.4, 0.5) is 5.69 Å². The molecule has 0 amide bonds. The summed E-state index contributed by atoms with van der Waals surface area (Å²) in [4.78, 5) is 14.6. The van der Waals surface area contributed by atoms with Gasteiger partial charge in [0.1, 0.15) is 5.75 Å². The summed E-state index contributed by atoms with van der Waals surface area (Å²) in [6.45, 7) is 0. The van der Waals surface area contributed by atoms with Crippen molar-refractivity contribution in [2.45, 2.75) is 0 Å². The van der Waals surface area contributed by atoms with Crippen LogP contribution in [0.2, 0.25) is 0 Å². The van der Waals surface area contributed by atoms with Gasteiger partial charge in [0.25, 0.3) is 5.69 Å². The summed E-state index contributed by atoms with van der Waals surface area (Å²) in [5.74, 6) is 0.797. The van der Waals surface area contributed by atoms with Crippen molar-refractivity contribution in [1.29, 1.82) is 0 Å². The van der Waals surface area contributed by atoms with Crippen LogP contribution in [0.25, 0.3) is 10.9 Å². The third-order valence-electron chi connectivity index (χ3n) is 2.82. The maximum Gasteiger partial charge on any atom is 0.273 e. The van der Waals surface area contributed by atoms with E-state index in [0.717, 1.165) is 10.9 Å². The van der Waals surface area contributed by atoms with E-state index in [2.05, 4.69) is 4.98 Å².